The molecule has 5 heteroatoms. The van der Waals surface area contributed by atoms with E-state index in [-0.39, 0.29) is 10.7 Å². The molecule has 0 amide bonds. The van der Waals surface area contributed by atoms with Crippen LogP contribution in [0.25, 0.3) is 50.1 Å². The third-order valence-corrected chi connectivity index (χ3v) is 11.4. The molecule has 2 atom stereocenters. The zero-order valence-corrected chi connectivity index (χ0v) is 27.6. The smallest absolute Gasteiger partial charge is 0.103 e. The van der Waals surface area contributed by atoms with Crippen molar-refractivity contribution in [3.8, 4) is 44.8 Å². The molecule has 230 valence electrons. The molecule has 9 rings (SSSR count). The van der Waals surface area contributed by atoms with E-state index in [0.717, 1.165) is 50.5 Å². The molecule has 1 N–H and O–H groups in total. The third-order valence-electron chi connectivity index (χ3n) is 8.93. The van der Waals surface area contributed by atoms with E-state index in [4.69, 9.17) is 10.3 Å². The van der Waals surface area contributed by atoms with E-state index in [0.29, 0.717) is 0 Å². The van der Waals surface area contributed by atoms with Crippen molar-refractivity contribution in [1.82, 2.24) is 4.98 Å². The summed E-state index contributed by atoms with van der Waals surface area (Å²) in [6.07, 6.45) is 0. The van der Waals surface area contributed by atoms with Crippen molar-refractivity contribution < 1.29 is 0 Å². The minimum absolute atomic E-state index is 0.0628. The molecular formula is C43H30N3S2-. The second-order valence-electron chi connectivity index (χ2n) is 12.0. The molecule has 0 fully saturated rings. The Morgan fingerprint density at radius 3 is 1.62 bits per heavy atom. The highest BCUT2D eigenvalue weighted by molar-refractivity contribution is 8.00. The van der Waals surface area contributed by atoms with Crippen molar-refractivity contribution in [2.45, 2.75) is 20.5 Å². The molecule has 3 heterocycles. The summed E-state index contributed by atoms with van der Waals surface area (Å²) in [5.74, 6) is 0. The highest BCUT2D eigenvalue weighted by atomic mass is 32.2. The number of hydrogen-bond donors (Lipinski definition) is 1. The number of rotatable bonds is 6. The first-order valence-electron chi connectivity index (χ1n) is 16.1. The van der Waals surface area contributed by atoms with Crippen LogP contribution in [-0.4, -0.2) is 4.98 Å². The predicted molar refractivity (Wildman–Crippen MR) is 203 cm³/mol. The second kappa shape index (κ2) is 12.4. The molecule has 0 aliphatic carbocycles. The zero-order chi connectivity index (χ0) is 31.9. The first kappa shape index (κ1) is 29.0. The summed E-state index contributed by atoms with van der Waals surface area (Å²) in [5, 5.41) is 8.90. The maximum absolute atomic E-state index is 5.54. The van der Waals surface area contributed by atoms with Gasteiger partial charge >= 0.3 is 0 Å². The van der Waals surface area contributed by atoms with Gasteiger partial charge in [-0.25, -0.2) is 4.98 Å². The normalized spacial score (nSPS) is 16.1. The predicted octanol–water partition coefficient (Wildman–Crippen LogP) is 12.8. The molecule has 7 aromatic rings. The van der Waals surface area contributed by atoms with Crippen molar-refractivity contribution in [2.75, 3.05) is 5.32 Å². The lowest BCUT2D eigenvalue weighted by Gasteiger charge is -2.24. The van der Waals surface area contributed by atoms with Crippen LogP contribution in [0, 0.1) is 0 Å². The number of nitrogens with one attached hydrogen (secondary N) is 1. The Hall–Kier alpha value is -5.23. The van der Waals surface area contributed by atoms with Gasteiger partial charge in [0.2, 0.25) is 0 Å². The van der Waals surface area contributed by atoms with Gasteiger partial charge in [-0.05, 0) is 51.2 Å². The summed E-state index contributed by atoms with van der Waals surface area (Å²) in [4.78, 5) is 8.06. The average molecular weight is 653 g/mol. The quantitative estimate of drug-likeness (QED) is 0.194. The molecule has 48 heavy (non-hydrogen) atoms. The molecule has 2 unspecified atom stereocenters. The molecule has 0 saturated carbocycles. The fourth-order valence-corrected chi connectivity index (χ4v) is 8.71. The van der Waals surface area contributed by atoms with Crippen LogP contribution in [0.2, 0.25) is 0 Å². The van der Waals surface area contributed by atoms with Crippen LogP contribution in [0.15, 0.2) is 174 Å². The van der Waals surface area contributed by atoms with Gasteiger partial charge in [0.05, 0.1) is 11.4 Å². The Balaban J connectivity index is 1.13. The van der Waals surface area contributed by atoms with Crippen LogP contribution in [0.4, 0.5) is 11.4 Å². The lowest BCUT2D eigenvalue weighted by Crippen LogP contribution is -2.01. The average Bonchev–Trinajstić information content (AvgIpc) is 3.80. The highest BCUT2D eigenvalue weighted by Crippen LogP contribution is 2.54. The summed E-state index contributed by atoms with van der Waals surface area (Å²) in [6, 6.07) is 58.2. The van der Waals surface area contributed by atoms with Gasteiger partial charge in [-0.1, -0.05) is 157 Å². The van der Waals surface area contributed by atoms with Gasteiger partial charge < -0.3 is 10.6 Å². The molecule has 2 aliphatic rings. The maximum Gasteiger partial charge on any atom is 0.103 e. The van der Waals surface area contributed by atoms with Gasteiger partial charge in [0, 0.05) is 32.8 Å². The van der Waals surface area contributed by atoms with Crippen LogP contribution in [0.5, 0.6) is 0 Å². The van der Waals surface area contributed by atoms with Gasteiger partial charge in [-0.3, -0.25) is 0 Å². The van der Waals surface area contributed by atoms with E-state index >= 15 is 0 Å². The summed E-state index contributed by atoms with van der Waals surface area (Å²) in [5.41, 5.74) is 13.3. The van der Waals surface area contributed by atoms with E-state index in [2.05, 4.69) is 169 Å². The van der Waals surface area contributed by atoms with E-state index in [1.807, 2.05) is 23.5 Å². The minimum Gasteiger partial charge on any atom is -0.668 e. The van der Waals surface area contributed by atoms with Gasteiger partial charge in [-0.15, -0.1) is 17.4 Å². The number of anilines is 1. The van der Waals surface area contributed by atoms with Crippen molar-refractivity contribution in [3.63, 3.8) is 0 Å². The van der Waals surface area contributed by atoms with Crippen LogP contribution in [0.3, 0.4) is 0 Å². The van der Waals surface area contributed by atoms with Crippen LogP contribution >= 0.6 is 23.5 Å². The lowest BCUT2D eigenvalue weighted by molar-refractivity contribution is 1.13. The maximum atomic E-state index is 5.54. The first-order chi connectivity index (χ1) is 23.8. The van der Waals surface area contributed by atoms with Gasteiger partial charge in [-0.2, -0.15) is 0 Å². The Morgan fingerprint density at radius 1 is 0.479 bits per heavy atom. The van der Waals surface area contributed by atoms with Crippen LogP contribution < -0.4 is 5.32 Å². The van der Waals surface area contributed by atoms with E-state index in [9.17, 15) is 0 Å². The monoisotopic (exact) mass is 652 g/mol. The number of pyridine rings is 1. The zero-order valence-electron chi connectivity index (χ0n) is 26.0. The number of aromatic nitrogens is 1. The number of fused-ring (bicyclic) bond motifs is 2. The van der Waals surface area contributed by atoms with Gasteiger partial charge in [0.25, 0.3) is 0 Å². The molecule has 0 bridgehead atoms. The van der Waals surface area contributed by atoms with E-state index in [1.165, 1.54) is 26.6 Å². The molecule has 0 saturated heterocycles. The summed E-state index contributed by atoms with van der Waals surface area (Å²) in [7, 11) is 0. The molecule has 3 nitrogen and oxygen atoms in total. The Morgan fingerprint density at radius 2 is 1.02 bits per heavy atom. The van der Waals surface area contributed by atoms with Gasteiger partial charge in [0.15, 0.2) is 0 Å². The fraction of sp³-hybridized carbons (Fsp3) is 0.0465. The summed E-state index contributed by atoms with van der Waals surface area (Å²) < 4.78 is 0. The third kappa shape index (κ3) is 5.45. The summed E-state index contributed by atoms with van der Waals surface area (Å²) in [6.45, 7) is 0. The highest BCUT2D eigenvalue weighted by Gasteiger charge is 2.23. The number of thioether (sulfide) groups is 2. The molecule has 2 aliphatic heterocycles. The van der Waals surface area contributed by atoms with Crippen molar-refractivity contribution in [2.24, 2.45) is 0 Å². The van der Waals surface area contributed by atoms with Crippen LogP contribution in [-0.2, 0) is 0 Å². The fourth-order valence-electron chi connectivity index (χ4n) is 6.47. The molecule has 6 aromatic carbocycles. The lowest BCUT2D eigenvalue weighted by atomic mass is 9.91. The molecule has 1 aromatic heterocycles. The molecule has 0 spiro atoms. The number of hydrogen-bond acceptors (Lipinski definition) is 4. The van der Waals surface area contributed by atoms with Crippen molar-refractivity contribution in [1.29, 1.82) is 0 Å². The number of para-hydroxylation sites is 2. The SMILES string of the molecule is c1ccc(-c2cc(-c3ccccc3)c(-c3ccc(C4Nc5ccccc5S4)cc3)nc2-c2ccc(C3[N-]c4ccccc4S3)cc2)cc1. The van der Waals surface area contributed by atoms with Crippen LogP contribution in [0.1, 0.15) is 21.9 Å². The Bertz CT molecular complexity index is 2030. The van der Waals surface area contributed by atoms with E-state index in [1.54, 1.807) is 0 Å². The molecule has 0 radical (unpaired) electrons. The van der Waals surface area contributed by atoms with E-state index < -0.39 is 0 Å². The standard InChI is InChI=1S/C43H30N3S2/c1-3-11-28(12-4-1)34-27-35(29-13-5-2-6-14-29)41(31-21-25-33(26-22-31)43-45-37-16-8-10-18-39(37)48-43)46-40(34)30-19-23-32(24-20-30)42-44-36-15-7-9-17-38(36)47-42/h1-27,42-44H/q-1. The van der Waals surface area contributed by atoms with Crippen molar-refractivity contribution in [3.05, 3.63) is 180 Å². The Labute approximate surface area is 289 Å². The largest absolute Gasteiger partial charge is 0.668 e. The number of benzene rings is 6. The Kier molecular flexibility index (Phi) is 7.49. The first-order valence-corrected chi connectivity index (χ1v) is 17.9. The molecular weight excluding hydrogens is 623 g/mol. The topological polar surface area (TPSA) is 39.0 Å². The number of nitrogens with zero attached hydrogens (tertiary/aromatic N) is 2. The van der Waals surface area contributed by atoms with Gasteiger partial charge in [0.1, 0.15) is 5.37 Å². The second-order valence-corrected chi connectivity index (χ2v) is 14.2. The summed E-state index contributed by atoms with van der Waals surface area (Å²) >= 11 is 3.67. The van der Waals surface area contributed by atoms with Crippen molar-refractivity contribution >= 4 is 34.9 Å². The minimum atomic E-state index is 0.0628.